The largest absolute Gasteiger partial charge is 0.454 e. The molecule has 0 atom stereocenters. The number of carbonyl (C=O) groups is 1. The van der Waals surface area contributed by atoms with Crippen molar-refractivity contribution in [1.29, 1.82) is 0 Å². The number of hydrogen-bond donors (Lipinski definition) is 1. The van der Waals surface area contributed by atoms with E-state index in [2.05, 4.69) is 20.4 Å². The monoisotopic (exact) mass is 347 g/mol. The summed E-state index contributed by atoms with van der Waals surface area (Å²) >= 11 is 0. The van der Waals surface area contributed by atoms with Crippen molar-refractivity contribution in [2.45, 2.75) is 6.92 Å². The number of hydrogen-bond acceptors (Lipinski definition) is 6. The van der Waals surface area contributed by atoms with Gasteiger partial charge in [-0.2, -0.15) is 9.50 Å². The number of carbonyl (C=O) groups excluding carboxylic acids is 1. The van der Waals surface area contributed by atoms with Crippen LogP contribution in [0.1, 0.15) is 16.2 Å². The van der Waals surface area contributed by atoms with Gasteiger partial charge in [0.2, 0.25) is 12.7 Å². The van der Waals surface area contributed by atoms with Crippen LogP contribution in [0.25, 0.3) is 16.6 Å². The first-order valence-corrected chi connectivity index (χ1v) is 8.02. The van der Waals surface area contributed by atoms with E-state index in [1.165, 1.54) is 0 Å². The number of aromatic nitrogens is 4. The van der Waals surface area contributed by atoms with Crippen LogP contribution < -0.4 is 14.8 Å². The van der Waals surface area contributed by atoms with E-state index in [-0.39, 0.29) is 18.6 Å². The molecule has 2 aromatic heterocycles. The first-order chi connectivity index (χ1) is 12.7. The van der Waals surface area contributed by atoms with Crippen molar-refractivity contribution < 1.29 is 14.3 Å². The zero-order chi connectivity index (χ0) is 17.7. The molecule has 128 valence electrons. The molecule has 2 aromatic carbocycles. The van der Waals surface area contributed by atoms with Crippen LogP contribution in [0.4, 0.5) is 5.95 Å². The van der Waals surface area contributed by atoms with Crippen LogP contribution in [0.3, 0.4) is 0 Å². The average Bonchev–Trinajstić information content (AvgIpc) is 3.28. The molecule has 0 spiro atoms. The Morgan fingerprint density at radius 2 is 1.96 bits per heavy atom. The van der Waals surface area contributed by atoms with Gasteiger partial charge >= 0.3 is 0 Å². The lowest BCUT2D eigenvalue weighted by Crippen LogP contribution is -2.13. The quantitative estimate of drug-likeness (QED) is 0.599. The zero-order valence-electron chi connectivity index (χ0n) is 13.8. The first kappa shape index (κ1) is 14.6. The summed E-state index contributed by atoms with van der Waals surface area (Å²) in [5.41, 5.74) is 1.92. The summed E-state index contributed by atoms with van der Waals surface area (Å²) in [5.74, 6) is 1.75. The number of amides is 1. The average molecular weight is 347 g/mol. The number of nitrogens with zero attached hydrogens (tertiary/aromatic N) is 4. The fourth-order valence-corrected chi connectivity index (χ4v) is 2.96. The van der Waals surface area contributed by atoms with E-state index in [0.29, 0.717) is 28.5 Å². The molecule has 8 nitrogen and oxygen atoms in total. The van der Waals surface area contributed by atoms with E-state index >= 15 is 0 Å². The number of benzene rings is 2. The van der Waals surface area contributed by atoms with E-state index in [1.807, 2.05) is 31.2 Å². The van der Waals surface area contributed by atoms with Gasteiger partial charge in [0, 0.05) is 10.9 Å². The Labute approximate surface area is 147 Å². The Bertz CT molecular complexity index is 1180. The van der Waals surface area contributed by atoms with Gasteiger partial charge < -0.3 is 9.47 Å². The number of rotatable bonds is 2. The minimum atomic E-state index is -0.325. The predicted molar refractivity (Wildman–Crippen MR) is 93.5 cm³/mol. The van der Waals surface area contributed by atoms with Crippen molar-refractivity contribution in [1.82, 2.24) is 19.6 Å². The Morgan fingerprint density at radius 3 is 2.88 bits per heavy atom. The molecule has 4 aromatic rings. The van der Waals surface area contributed by atoms with E-state index < -0.39 is 0 Å². The summed E-state index contributed by atoms with van der Waals surface area (Å²) in [6.45, 7) is 2.01. The summed E-state index contributed by atoms with van der Waals surface area (Å²) in [6.07, 6.45) is 0. The third-order valence-electron chi connectivity index (χ3n) is 4.20. The van der Waals surface area contributed by atoms with Gasteiger partial charge in [0.25, 0.3) is 5.91 Å². The van der Waals surface area contributed by atoms with Crippen molar-refractivity contribution in [3.05, 3.63) is 53.9 Å². The Balaban J connectivity index is 1.52. The number of fused-ring (bicyclic) bond motifs is 4. The number of nitrogens with one attached hydrogen (secondary N) is 1. The molecule has 1 aliphatic rings. The minimum absolute atomic E-state index is 0.160. The van der Waals surface area contributed by atoms with Gasteiger partial charge in [-0.15, -0.1) is 5.10 Å². The molecule has 0 bridgehead atoms. The maximum Gasteiger partial charge on any atom is 0.258 e. The second-order valence-corrected chi connectivity index (χ2v) is 5.87. The molecule has 0 aliphatic carbocycles. The van der Waals surface area contributed by atoms with Crippen LogP contribution in [0, 0.1) is 6.92 Å². The van der Waals surface area contributed by atoms with Gasteiger partial charge in [-0.05, 0) is 37.3 Å². The van der Waals surface area contributed by atoms with Gasteiger partial charge in [-0.1, -0.05) is 12.1 Å². The molecule has 5 rings (SSSR count). The van der Waals surface area contributed by atoms with Gasteiger partial charge in [0.05, 0.1) is 5.52 Å². The molecular formula is C18H13N5O3. The molecule has 8 heteroatoms. The molecule has 1 amide bonds. The van der Waals surface area contributed by atoms with Crippen LogP contribution in [0.5, 0.6) is 11.5 Å². The standard InChI is InChI=1S/C18H13N5O3/c1-10-19-13-5-3-2-4-12(13)16-20-18(22-23(10)16)21-17(24)11-6-7-14-15(8-11)26-9-25-14/h2-8H,9H2,1H3,(H,21,22,24). The molecule has 0 saturated heterocycles. The molecule has 3 heterocycles. The zero-order valence-corrected chi connectivity index (χ0v) is 13.8. The fourth-order valence-electron chi connectivity index (χ4n) is 2.96. The lowest BCUT2D eigenvalue weighted by atomic mass is 10.2. The van der Waals surface area contributed by atoms with Gasteiger partial charge in [0.1, 0.15) is 5.82 Å². The number of anilines is 1. The molecule has 0 saturated carbocycles. The smallest absolute Gasteiger partial charge is 0.258 e. The van der Waals surface area contributed by atoms with Crippen molar-refractivity contribution >= 4 is 28.4 Å². The molecule has 1 aliphatic heterocycles. The van der Waals surface area contributed by atoms with Crippen molar-refractivity contribution in [2.24, 2.45) is 0 Å². The first-order valence-electron chi connectivity index (χ1n) is 8.02. The highest BCUT2D eigenvalue weighted by Gasteiger charge is 2.18. The van der Waals surface area contributed by atoms with Crippen molar-refractivity contribution in [3.63, 3.8) is 0 Å². The normalized spacial score (nSPS) is 12.7. The van der Waals surface area contributed by atoms with E-state index in [9.17, 15) is 4.79 Å². The predicted octanol–water partition coefficient (Wildman–Crippen LogP) is 2.57. The minimum Gasteiger partial charge on any atom is -0.454 e. The van der Waals surface area contributed by atoms with Crippen molar-refractivity contribution in [3.8, 4) is 11.5 Å². The highest BCUT2D eigenvalue weighted by atomic mass is 16.7. The van der Waals surface area contributed by atoms with Gasteiger partial charge in [-0.3, -0.25) is 10.1 Å². The molecule has 26 heavy (non-hydrogen) atoms. The van der Waals surface area contributed by atoms with Gasteiger partial charge in [-0.25, -0.2) is 4.98 Å². The highest BCUT2D eigenvalue weighted by Crippen LogP contribution is 2.32. The second-order valence-electron chi connectivity index (χ2n) is 5.87. The molecule has 1 N–H and O–H groups in total. The summed E-state index contributed by atoms with van der Waals surface area (Å²) in [6, 6.07) is 12.7. The fraction of sp³-hybridized carbons (Fsp3) is 0.111. The number of aryl methyl sites for hydroxylation is 1. The molecule has 0 unspecified atom stereocenters. The number of para-hydroxylation sites is 1. The van der Waals surface area contributed by atoms with Crippen LogP contribution in [-0.4, -0.2) is 32.3 Å². The molecular weight excluding hydrogens is 334 g/mol. The summed E-state index contributed by atoms with van der Waals surface area (Å²) < 4.78 is 12.2. The Morgan fingerprint density at radius 1 is 1.12 bits per heavy atom. The lowest BCUT2D eigenvalue weighted by molar-refractivity contribution is 0.102. The lowest BCUT2D eigenvalue weighted by Gasteiger charge is -2.02. The third kappa shape index (κ3) is 2.23. The Hall–Kier alpha value is -3.68. The summed E-state index contributed by atoms with van der Waals surface area (Å²) in [4.78, 5) is 21.5. The van der Waals surface area contributed by atoms with Crippen LogP contribution in [-0.2, 0) is 0 Å². The second kappa shape index (κ2) is 5.41. The molecule has 0 radical (unpaired) electrons. The number of ether oxygens (including phenoxy) is 2. The van der Waals surface area contributed by atoms with Crippen molar-refractivity contribution in [2.75, 3.05) is 12.1 Å². The van der Waals surface area contributed by atoms with Crippen LogP contribution in [0.2, 0.25) is 0 Å². The highest BCUT2D eigenvalue weighted by molar-refractivity contribution is 6.04. The topological polar surface area (TPSA) is 90.6 Å². The summed E-state index contributed by atoms with van der Waals surface area (Å²) in [7, 11) is 0. The summed E-state index contributed by atoms with van der Waals surface area (Å²) in [5, 5.41) is 7.95. The van der Waals surface area contributed by atoms with Gasteiger partial charge in [0.15, 0.2) is 17.1 Å². The van der Waals surface area contributed by atoms with E-state index in [0.717, 1.165) is 10.9 Å². The maximum absolute atomic E-state index is 12.5. The molecule has 0 fully saturated rings. The SMILES string of the molecule is Cc1nc2ccccc2c2nc(NC(=O)c3ccc4c(c3)OCO4)nn12. The Kier molecular flexibility index (Phi) is 3.05. The third-order valence-corrected chi connectivity index (χ3v) is 4.20. The van der Waals surface area contributed by atoms with E-state index in [1.54, 1.807) is 22.7 Å². The van der Waals surface area contributed by atoms with E-state index in [4.69, 9.17) is 9.47 Å². The maximum atomic E-state index is 12.5. The van der Waals surface area contributed by atoms with Crippen LogP contribution >= 0.6 is 0 Å². The van der Waals surface area contributed by atoms with Crippen LogP contribution in [0.15, 0.2) is 42.5 Å².